The zero-order chi connectivity index (χ0) is 40.4. The fourth-order valence-corrected chi connectivity index (χ4v) is 14.7. The van der Waals surface area contributed by atoms with E-state index in [0.717, 1.165) is 75.2 Å². The summed E-state index contributed by atoms with van der Waals surface area (Å²) in [7, 11) is 0. The summed E-state index contributed by atoms with van der Waals surface area (Å²) < 4.78 is 61.5. The van der Waals surface area contributed by atoms with Crippen LogP contribution < -0.4 is 0 Å². The highest BCUT2D eigenvalue weighted by atomic mass is 32.1. The Hall–Kier alpha value is -6.26. The van der Waals surface area contributed by atoms with Gasteiger partial charge in [-0.15, -0.1) is 45.3 Å². The van der Waals surface area contributed by atoms with E-state index in [-0.39, 0.29) is 50.0 Å². The molecular weight excluding hydrogens is 821 g/mol. The van der Waals surface area contributed by atoms with Crippen molar-refractivity contribution in [2.75, 3.05) is 0 Å². The van der Waals surface area contributed by atoms with Crippen LogP contribution in [0.1, 0.15) is 84.8 Å². The van der Waals surface area contributed by atoms with Crippen molar-refractivity contribution in [3.63, 3.8) is 0 Å². The molecular formula is C44H18F4N4O2S4. The molecule has 6 nitrogen and oxygen atoms in total. The van der Waals surface area contributed by atoms with Crippen molar-refractivity contribution in [2.45, 2.75) is 37.5 Å². The average molecular weight is 839 g/mol. The lowest BCUT2D eigenvalue weighted by Crippen LogP contribution is -2.27. The van der Waals surface area contributed by atoms with E-state index in [1.807, 2.05) is 24.3 Å². The zero-order valence-corrected chi connectivity index (χ0v) is 32.7. The van der Waals surface area contributed by atoms with Crippen molar-refractivity contribution in [1.82, 2.24) is 0 Å². The SMILES string of the molecule is [C-]#[N+]C(C#N)=C1/C(=C\c2cc3sc4c(c3s2)C2(CCCCC2)c2c-4sc3cc(/C=C4\C(=O)c5cc(F)c(F)cc5\C4=C(\C#N)[N+]#[C-])sc23)C(=O)c2cc(F)c(F)cc21. The van der Waals surface area contributed by atoms with Gasteiger partial charge in [-0.1, -0.05) is 19.3 Å². The number of nitrogens with zero attached hydrogens (tertiary/aromatic N) is 4. The van der Waals surface area contributed by atoms with Crippen molar-refractivity contribution in [3.05, 3.63) is 148 Å². The third kappa shape index (κ3) is 4.87. The number of hydrogen-bond donors (Lipinski definition) is 0. The summed E-state index contributed by atoms with van der Waals surface area (Å²) in [6.45, 7) is 15.2. The number of benzene rings is 2. The normalized spacial score (nSPS) is 19.3. The molecule has 0 atom stereocenters. The number of thiophene rings is 4. The average Bonchev–Trinajstić information content (AvgIpc) is 4.06. The van der Waals surface area contributed by atoms with Gasteiger partial charge in [-0.3, -0.25) is 9.59 Å². The van der Waals surface area contributed by atoms with E-state index in [1.54, 1.807) is 34.8 Å². The van der Waals surface area contributed by atoms with Crippen LogP contribution in [0.4, 0.5) is 17.6 Å². The first kappa shape index (κ1) is 36.1. The summed E-state index contributed by atoms with van der Waals surface area (Å²) in [4.78, 5) is 37.7. The Labute approximate surface area is 342 Å². The van der Waals surface area contributed by atoms with Crippen molar-refractivity contribution >= 4 is 99.0 Å². The van der Waals surface area contributed by atoms with Gasteiger partial charge in [0.2, 0.25) is 0 Å². The van der Waals surface area contributed by atoms with Crippen LogP contribution in [0.5, 0.6) is 0 Å². The Balaban J connectivity index is 1.10. The highest BCUT2D eigenvalue weighted by molar-refractivity contribution is 7.35. The molecule has 4 aliphatic carbocycles. The second kappa shape index (κ2) is 12.9. The number of hydrogen-bond acceptors (Lipinski definition) is 8. The van der Waals surface area contributed by atoms with Crippen LogP contribution in [0, 0.1) is 59.1 Å². The van der Waals surface area contributed by atoms with Gasteiger partial charge >= 0.3 is 0 Å². The predicted molar refractivity (Wildman–Crippen MR) is 218 cm³/mol. The number of halogens is 4. The van der Waals surface area contributed by atoms with Crippen LogP contribution in [0.3, 0.4) is 0 Å². The van der Waals surface area contributed by atoms with Crippen molar-refractivity contribution in [2.24, 2.45) is 0 Å². The maximum absolute atomic E-state index is 14.4. The van der Waals surface area contributed by atoms with Crippen LogP contribution in [0.25, 0.3) is 61.5 Å². The maximum atomic E-state index is 14.4. The Kier molecular flexibility index (Phi) is 8.02. The minimum atomic E-state index is -1.20. The zero-order valence-electron chi connectivity index (χ0n) is 29.4. The number of allylic oxidation sites excluding steroid dienone is 6. The van der Waals surface area contributed by atoms with Crippen molar-refractivity contribution in [3.8, 4) is 21.9 Å². The molecule has 1 spiro atoms. The van der Waals surface area contributed by atoms with Crippen molar-refractivity contribution in [1.29, 1.82) is 10.5 Å². The van der Waals surface area contributed by atoms with Crippen LogP contribution >= 0.6 is 45.3 Å². The first-order valence-corrected chi connectivity index (χ1v) is 21.0. The van der Waals surface area contributed by atoms with Gasteiger partial charge in [-0.05, 0) is 72.5 Å². The van der Waals surface area contributed by atoms with Crippen LogP contribution in [-0.2, 0) is 5.41 Å². The maximum Gasteiger partial charge on any atom is 0.270 e. The van der Waals surface area contributed by atoms with Crippen molar-refractivity contribution < 1.29 is 27.2 Å². The molecule has 58 heavy (non-hydrogen) atoms. The van der Waals surface area contributed by atoms with Gasteiger partial charge in [0.15, 0.2) is 34.8 Å². The van der Waals surface area contributed by atoms with Gasteiger partial charge in [0.05, 0.1) is 44.4 Å². The molecule has 4 heterocycles. The fourth-order valence-electron chi connectivity index (χ4n) is 8.96. The van der Waals surface area contributed by atoms with E-state index in [4.69, 9.17) is 13.1 Å². The topological polar surface area (TPSA) is 90.4 Å². The Morgan fingerprint density at radius 2 is 1.02 bits per heavy atom. The molecule has 278 valence electrons. The number of fused-ring (bicyclic) bond motifs is 11. The van der Waals surface area contributed by atoms with E-state index >= 15 is 0 Å². The predicted octanol–water partition coefficient (Wildman–Crippen LogP) is 12.9. The minimum absolute atomic E-state index is 0.0105. The lowest BCUT2D eigenvalue weighted by atomic mass is 9.68. The molecule has 1 fully saturated rings. The standard InChI is InChI=1S/C44H18F4N4O2S4/c1-51-30(16-49)34-20-12-26(45)28(47)14-22(20)38(53)24(34)8-18-10-32-40(55-18)36-42(57-32)43-37(44(36)6-4-3-5-7-44)41-33(58-43)11-19(56-41)9-25-35(31(17-50)52-2)21-13-27(46)29(48)15-23(21)39(25)54/h8-15H,3-7H2/b24-8-,25-9+,34-30+,35-31?. The smallest absolute Gasteiger partial charge is 0.270 e. The summed E-state index contributed by atoms with van der Waals surface area (Å²) in [6.07, 6.45) is 8.10. The van der Waals surface area contributed by atoms with E-state index in [1.165, 1.54) is 43.6 Å². The number of carbonyl (C=O) groups excluding carboxylic acids is 2. The third-order valence-electron chi connectivity index (χ3n) is 11.3. The van der Waals surface area contributed by atoms with Crippen LogP contribution in [0.15, 0.2) is 58.9 Å². The number of ketones is 2. The van der Waals surface area contributed by atoms with E-state index in [9.17, 15) is 37.7 Å². The highest BCUT2D eigenvalue weighted by Crippen LogP contribution is 2.66. The molecule has 0 bridgehead atoms. The largest absolute Gasteiger partial charge is 0.289 e. The summed E-state index contributed by atoms with van der Waals surface area (Å²) in [5.74, 6) is -5.96. The molecule has 6 aromatic rings. The summed E-state index contributed by atoms with van der Waals surface area (Å²) in [5, 5.41) is 19.6. The van der Waals surface area contributed by atoms with Crippen LogP contribution in [-0.4, -0.2) is 11.6 Å². The molecule has 0 amide bonds. The number of Topliss-reactive ketones (excluding diaryl/α,β-unsaturated/α-hetero) is 2. The van der Waals surface area contributed by atoms with Gasteiger partial charge < -0.3 is 0 Å². The molecule has 0 saturated heterocycles. The molecule has 0 radical (unpaired) electrons. The minimum Gasteiger partial charge on any atom is -0.289 e. The van der Waals surface area contributed by atoms with Gasteiger partial charge in [-0.2, -0.15) is 0 Å². The van der Waals surface area contributed by atoms with E-state index in [2.05, 4.69) is 9.69 Å². The quantitative estimate of drug-likeness (QED) is 0.0752. The molecule has 0 aliphatic heterocycles. The van der Waals surface area contributed by atoms with E-state index in [0.29, 0.717) is 9.75 Å². The Morgan fingerprint density at radius 1 is 0.621 bits per heavy atom. The molecule has 14 heteroatoms. The second-order valence-electron chi connectivity index (χ2n) is 14.2. The Bertz CT molecular complexity index is 3050. The number of nitriles is 2. The van der Waals surface area contributed by atoms with Gasteiger partial charge in [0, 0.05) is 69.1 Å². The lowest BCUT2D eigenvalue weighted by molar-refractivity contribution is 0.103. The summed E-state index contributed by atoms with van der Waals surface area (Å²) >= 11 is 6.29. The molecule has 4 aromatic heterocycles. The van der Waals surface area contributed by atoms with Gasteiger partial charge in [-0.25, -0.2) is 37.8 Å². The van der Waals surface area contributed by atoms with Gasteiger partial charge in [0.25, 0.3) is 11.4 Å². The number of carbonyl (C=O) groups is 2. The Morgan fingerprint density at radius 3 is 1.40 bits per heavy atom. The molecule has 2 aromatic carbocycles. The highest BCUT2D eigenvalue weighted by Gasteiger charge is 2.49. The molecule has 1 saturated carbocycles. The summed E-state index contributed by atoms with van der Waals surface area (Å²) in [6, 6.07) is 10.9. The first-order valence-electron chi connectivity index (χ1n) is 17.7. The summed E-state index contributed by atoms with van der Waals surface area (Å²) in [5.41, 5.74) is 1.19. The second-order valence-corrected chi connectivity index (χ2v) is 18.5. The molecule has 4 aliphatic rings. The van der Waals surface area contributed by atoms with Gasteiger partial charge in [0.1, 0.15) is 0 Å². The lowest BCUT2D eigenvalue weighted by Gasteiger charge is -2.35. The molecule has 0 N–H and O–H groups in total. The first-order chi connectivity index (χ1) is 28.0. The molecule has 0 unspecified atom stereocenters. The fraction of sp³-hybridized carbons (Fsp3) is 0.136. The van der Waals surface area contributed by atoms with E-state index < -0.39 is 46.2 Å². The monoisotopic (exact) mass is 838 g/mol. The third-order valence-corrected chi connectivity index (χ3v) is 16.2. The molecule has 10 rings (SSSR count). The van der Waals surface area contributed by atoms with Crippen LogP contribution in [0.2, 0.25) is 0 Å². The number of rotatable bonds is 2.